The van der Waals surface area contributed by atoms with E-state index in [1.807, 2.05) is 11.8 Å². The molecule has 1 saturated heterocycles. The number of hydrogen-bond acceptors (Lipinski definition) is 5. The smallest absolute Gasteiger partial charge is 0.276 e. The highest BCUT2D eigenvalue weighted by molar-refractivity contribution is 5.94. The molecule has 2 aliphatic carbocycles. The van der Waals surface area contributed by atoms with Gasteiger partial charge in [-0.15, -0.1) is 0 Å². The van der Waals surface area contributed by atoms with Crippen LogP contribution in [0.3, 0.4) is 0 Å². The van der Waals surface area contributed by atoms with Crippen molar-refractivity contribution >= 4 is 5.91 Å². The lowest BCUT2D eigenvalue weighted by atomic mass is 9.80. The van der Waals surface area contributed by atoms with Crippen LogP contribution >= 0.6 is 0 Å². The second-order valence-electron chi connectivity index (χ2n) is 7.77. The molecule has 0 saturated carbocycles. The monoisotopic (exact) mass is 354 g/mol. The van der Waals surface area contributed by atoms with Crippen molar-refractivity contribution in [2.45, 2.75) is 51.4 Å². The molecule has 2 aromatic rings. The molecule has 3 heterocycles. The number of nitrogens with one attached hydrogen (secondary N) is 1. The Labute approximate surface area is 150 Å². The van der Waals surface area contributed by atoms with Gasteiger partial charge < -0.3 is 14.4 Å². The highest BCUT2D eigenvalue weighted by Gasteiger charge is 2.42. The molecule has 1 aliphatic heterocycles. The maximum atomic E-state index is 13.1. The van der Waals surface area contributed by atoms with Crippen LogP contribution in [-0.4, -0.2) is 39.0 Å². The minimum Gasteiger partial charge on any atom is -0.360 e. The lowest BCUT2D eigenvalue weighted by molar-refractivity contribution is 0.0774. The number of carbonyl (C=O) groups excluding carboxylic acids is 1. The van der Waals surface area contributed by atoms with Gasteiger partial charge in [0.25, 0.3) is 11.5 Å². The number of H-pyrrole nitrogens is 1. The molecule has 136 valence electrons. The molecule has 7 heteroatoms. The molecule has 2 aromatic heterocycles. The first-order valence-corrected chi connectivity index (χ1v) is 9.48. The van der Waals surface area contributed by atoms with Gasteiger partial charge >= 0.3 is 0 Å². The minimum atomic E-state index is -0.0330. The zero-order valence-electron chi connectivity index (χ0n) is 14.9. The second-order valence-corrected chi connectivity index (χ2v) is 7.77. The number of nitrogens with zero attached hydrogens (tertiary/aromatic N) is 3. The van der Waals surface area contributed by atoms with Crippen molar-refractivity contribution in [3.05, 3.63) is 44.5 Å². The van der Waals surface area contributed by atoms with E-state index in [-0.39, 0.29) is 17.4 Å². The fourth-order valence-corrected chi connectivity index (χ4v) is 4.85. The van der Waals surface area contributed by atoms with E-state index in [1.54, 1.807) is 0 Å². The average Bonchev–Trinajstić information content (AvgIpc) is 3.25. The van der Waals surface area contributed by atoms with E-state index in [2.05, 4.69) is 15.1 Å². The standard InChI is InChI=1S/C19H22N4O3/c1-10-20-16-13(18(24)21-10)7-6-11-8-23(9-14(11)16)19(25)17-12-4-2-3-5-15(12)26-22-17/h11,14H,2-9H2,1H3,(H,20,21,24)/t11-,14+/m1/s1. The summed E-state index contributed by atoms with van der Waals surface area (Å²) >= 11 is 0. The number of rotatable bonds is 1. The van der Waals surface area contributed by atoms with Crippen LogP contribution in [0.4, 0.5) is 0 Å². The highest BCUT2D eigenvalue weighted by Crippen LogP contribution is 2.40. The Balaban J connectivity index is 1.44. The predicted octanol–water partition coefficient (Wildman–Crippen LogP) is 1.75. The molecule has 0 aromatic carbocycles. The van der Waals surface area contributed by atoms with Gasteiger partial charge in [-0.05, 0) is 44.9 Å². The van der Waals surface area contributed by atoms with Gasteiger partial charge in [-0.3, -0.25) is 9.59 Å². The van der Waals surface area contributed by atoms with Gasteiger partial charge in [0, 0.05) is 36.6 Å². The summed E-state index contributed by atoms with van der Waals surface area (Å²) in [5.41, 5.74) is 3.15. The van der Waals surface area contributed by atoms with Crippen molar-refractivity contribution in [2.24, 2.45) is 5.92 Å². The Morgan fingerprint density at radius 1 is 1.19 bits per heavy atom. The molecule has 2 atom stereocenters. The molecule has 0 spiro atoms. The maximum Gasteiger partial charge on any atom is 0.276 e. The topological polar surface area (TPSA) is 92.1 Å². The molecule has 0 unspecified atom stereocenters. The van der Waals surface area contributed by atoms with Crippen molar-refractivity contribution in [3.63, 3.8) is 0 Å². The third-order valence-corrected chi connectivity index (χ3v) is 6.16. The van der Waals surface area contributed by atoms with Crippen LogP contribution < -0.4 is 5.56 Å². The van der Waals surface area contributed by atoms with E-state index in [4.69, 9.17) is 4.52 Å². The van der Waals surface area contributed by atoms with Gasteiger partial charge in [0.2, 0.25) is 0 Å². The number of likely N-dealkylation sites (tertiary alicyclic amines) is 1. The zero-order valence-corrected chi connectivity index (χ0v) is 14.9. The number of aromatic nitrogens is 3. The summed E-state index contributed by atoms with van der Waals surface area (Å²) in [6.07, 6.45) is 5.59. The molecule has 26 heavy (non-hydrogen) atoms. The van der Waals surface area contributed by atoms with Crippen LogP contribution in [-0.2, 0) is 19.3 Å². The zero-order chi connectivity index (χ0) is 17.8. The predicted molar refractivity (Wildman–Crippen MR) is 93.2 cm³/mol. The van der Waals surface area contributed by atoms with E-state index in [0.717, 1.165) is 61.1 Å². The van der Waals surface area contributed by atoms with Gasteiger partial charge in [-0.2, -0.15) is 0 Å². The van der Waals surface area contributed by atoms with Crippen LogP contribution in [0.2, 0.25) is 0 Å². The lowest BCUT2D eigenvalue weighted by Gasteiger charge is -2.25. The summed E-state index contributed by atoms with van der Waals surface area (Å²) in [5.74, 6) is 2.00. The lowest BCUT2D eigenvalue weighted by Crippen LogP contribution is -2.30. The number of amides is 1. The first-order valence-electron chi connectivity index (χ1n) is 9.48. The molecular weight excluding hydrogens is 332 g/mol. The fraction of sp³-hybridized carbons (Fsp3) is 0.579. The summed E-state index contributed by atoms with van der Waals surface area (Å²) in [5, 5.41) is 4.10. The number of fused-ring (bicyclic) bond motifs is 4. The molecule has 1 amide bonds. The molecule has 0 bridgehead atoms. The number of aryl methyl sites for hydroxylation is 2. The molecule has 5 rings (SSSR count). The number of aromatic amines is 1. The molecule has 1 N–H and O–H groups in total. The van der Waals surface area contributed by atoms with Crippen LogP contribution in [0.15, 0.2) is 9.32 Å². The van der Waals surface area contributed by atoms with Crippen molar-refractivity contribution in [3.8, 4) is 0 Å². The first-order chi connectivity index (χ1) is 12.6. The number of carbonyl (C=O) groups is 1. The summed E-state index contributed by atoms with van der Waals surface area (Å²) in [6, 6.07) is 0. The molecule has 3 aliphatic rings. The van der Waals surface area contributed by atoms with Crippen LogP contribution in [0, 0.1) is 12.8 Å². The minimum absolute atomic E-state index is 0.0266. The van der Waals surface area contributed by atoms with Crippen molar-refractivity contribution < 1.29 is 9.32 Å². The van der Waals surface area contributed by atoms with E-state index in [0.29, 0.717) is 30.5 Å². The van der Waals surface area contributed by atoms with Crippen molar-refractivity contribution in [2.75, 3.05) is 13.1 Å². The van der Waals surface area contributed by atoms with Gasteiger partial charge in [0.05, 0.1) is 5.69 Å². The summed E-state index contributed by atoms with van der Waals surface area (Å²) in [4.78, 5) is 34.6. The molecule has 0 radical (unpaired) electrons. The Hall–Kier alpha value is -2.44. The Morgan fingerprint density at radius 3 is 2.92 bits per heavy atom. The Kier molecular flexibility index (Phi) is 3.52. The Bertz CT molecular complexity index is 945. The third kappa shape index (κ3) is 2.33. The molecule has 7 nitrogen and oxygen atoms in total. The quantitative estimate of drug-likeness (QED) is 0.842. The fourth-order valence-electron chi connectivity index (χ4n) is 4.85. The average molecular weight is 354 g/mol. The van der Waals surface area contributed by atoms with E-state index in [9.17, 15) is 9.59 Å². The number of hydrogen-bond donors (Lipinski definition) is 1. The normalized spacial score (nSPS) is 24.1. The van der Waals surface area contributed by atoms with Crippen LogP contribution in [0.1, 0.15) is 64.1 Å². The van der Waals surface area contributed by atoms with Crippen molar-refractivity contribution in [1.82, 2.24) is 20.0 Å². The highest BCUT2D eigenvalue weighted by atomic mass is 16.5. The summed E-state index contributed by atoms with van der Waals surface area (Å²) < 4.78 is 5.42. The summed E-state index contributed by atoms with van der Waals surface area (Å²) in [7, 11) is 0. The first kappa shape index (κ1) is 15.8. The van der Waals surface area contributed by atoms with Crippen LogP contribution in [0.25, 0.3) is 0 Å². The van der Waals surface area contributed by atoms with Crippen molar-refractivity contribution in [1.29, 1.82) is 0 Å². The van der Waals surface area contributed by atoms with E-state index >= 15 is 0 Å². The van der Waals surface area contributed by atoms with E-state index < -0.39 is 0 Å². The largest absolute Gasteiger partial charge is 0.360 e. The van der Waals surface area contributed by atoms with Gasteiger partial charge in [0.15, 0.2) is 5.69 Å². The van der Waals surface area contributed by atoms with Gasteiger partial charge in [-0.1, -0.05) is 5.16 Å². The van der Waals surface area contributed by atoms with Crippen LogP contribution in [0.5, 0.6) is 0 Å². The summed E-state index contributed by atoms with van der Waals surface area (Å²) in [6.45, 7) is 3.12. The maximum absolute atomic E-state index is 13.1. The second kappa shape index (κ2) is 5.79. The Morgan fingerprint density at radius 2 is 2.04 bits per heavy atom. The van der Waals surface area contributed by atoms with E-state index in [1.165, 1.54) is 0 Å². The van der Waals surface area contributed by atoms with Gasteiger partial charge in [0.1, 0.15) is 11.6 Å². The SMILES string of the molecule is Cc1nc2c(c(=O)[nH]1)CC[C@@H]1CN(C(=O)c3noc4c3CCCC4)C[C@H]21. The molecular formula is C19H22N4O3. The third-order valence-electron chi connectivity index (χ3n) is 6.16. The molecule has 1 fully saturated rings. The van der Waals surface area contributed by atoms with Gasteiger partial charge in [-0.25, -0.2) is 4.98 Å².